The van der Waals surface area contributed by atoms with Gasteiger partial charge in [0.25, 0.3) is 0 Å². The van der Waals surface area contributed by atoms with Crippen molar-refractivity contribution in [1.29, 1.82) is 0 Å². The summed E-state index contributed by atoms with van der Waals surface area (Å²) in [5, 5.41) is 0. The third kappa shape index (κ3) is 4.04. The lowest BCUT2D eigenvalue weighted by Gasteiger charge is -2.18. The van der Waals surface area contributed by atoms with Crippen LogP contribution in [0.3, 0.4) is 0 Å². The Morgan fingerprint density at radius 1 is 1.11 bits per heavy atom. The minimum absolute atomic E-state index is 0. The molecule has 1 fully saturated rings. The SMILES string of the molecule is ICC1CCCCC1.[MgH2]. The Labute approximate surface area is 87.5 Å². The van der Waals surface area contributed by atoms with Crippen molar-refractivity contribution >= 4 is 45.6 Å². The fourth-order valence-electron chi connectivity index (χ4n) is 1.34. The van der Waals surface area contributed by atoms with E-state index in [2.05, 4.69) is 22.6 Å². The van der Waals surface area contributed by atoms with Crippen LogP contribution in [0.15, 0.2) is 0 Å². The van der Waals surface area contributed by atoms with Crippen molar-refractivity contribution in [1.82, 2.24) is 0 Å². The van der Waals surface area contributed by atoms with E-state index in [1.165, 1.54) is 36.5 Å². The second kappa shape index (κ2) is 6.22. The van der Waals surface area contributed by atoms with E-state index in [4.69, 9.17) is 0 Å². The van der Waals surface area contributed by atoms with Crippen LogP contribution in [0.1, 0.15) is 32.1 Å². The topological polar surface area (TPSA) is 0 Å². The van der Waals surface area contributed by atoms with Gasteiger partial charge in [0, 0.05) is 4.43 Å². The van der Waals surface area contributed by atoms with E-state index in [0.29, 0.717) is 0 Å². The normalized spacial score (nSPS) is 21.0. The van der Waals surface area contributed by atoms with Gasteiger partial charge >= 0.3 is 23.1 Å². The zero-order chi connectivity index (χ0) is 5.82. The quantitative estimate of drug-likeness (QED) is 0.380. The number of rotatable bonds is 1. The highest BCUT2D eigenvalue weighted by Gasteiger charge is 2.10. The molecule has 0 spiro atoms. The second-order valence-electron chi connectivity index (χ2n) is 2.66. The van der Waals surface area contributed by atoms with Crippen LogP contribution < -0.4 is 0 Å². The molecule has 0 aliphatic heterocycles. The summed E-state index contributed by atoms with van der Waals surface area (Å²) in [7, 11) is 0. The predicted octanol–water partition coefficient (Wildman–Crippen LogP) is 2.09. The molecule has 0 heterocycles. The van der Waals surface area contributed by atoms with Gasteiger partial charge in [0.15, 0.2) is 0 Å². The van der Waals surface area contributed by atoms with Crippen molar-refractivity contribution in [2.45, 2.75) is 32.1 Å². The van der Waals surface area contributed by atoms with Crippen molar-refractivity contribution < 1.29 is 0 Å². The molecular formula is C7H15IMg. The first kappa shape index (κ1) is 10.5. The molecule has 0 nitrogen and oxygen atoms in total. The molecule has 0 aromatic rings. The molecule has 0 saturated heterocycles. The van der Waals surface area contributed by atoms with Crippen LogP contribution in [-0.4, -0.2) is 27.5 Å². The summed E-state index contributed by atoms with van der Waals surface area (Å²) in [5.41, 5.74) is 0. The maximum atomic E-state index is 2.51. The van der Waals surface area contributed by atoms with Gasteiger partial charge in [0.1, 0.15) is 0 Å². The van der Waals surface area contributed by atoms with E-state index in [-0.39, 0.29) is 23.1 Å². The Bertz CT molecular complexity index is 59.9. The molecule has 0 bridgehead atoms. The molecule has 1 saturated carbocycles. The van der Waals surface area contributed by atoms with Gasteiger partial charge in [-0.3, -0.25) is 0 Å². The first-order valence-electron chi connectivity index (χ1n) is 3.49. The van der Waals surface area contributed by atoms with Crippen LogP contribution in [0.5, 0.6) is 0 Å². The van der Waals surface area contributed by atoms with Gasteiger partial charge in [-0.2, -0.15) is 0 Å². The number of halogens is 1. The lowest BCUT2D eigenvalue weighted by Crippen LogP contribution is -2.06. The molecule has 0 N–H and O–H groups in total. The number of hydrogen-bond donors (Lipinski definition) is 0. The van der Waals surface area contributed by atoms with Crippen molar-refractivity contribution in [2.75, 3.05) is 4.43 Å². The minimum atomic E-state index is 0. The molecule has 0 aromatic carbocycles. The Morgan fingerprint density at radius 3 is 2.00 bits per heavy atom. The van der Waals surface area contributed by atoms with Crippen molar-refractivity contribution in [3.05, 3.63) is 0 Å². The Balaban J connectivity index is 0.000000640. The highest BCUT2D eigenvalue weighted by molar-refractivity contribution is 14.1. The summed E-state index contributed by atoms with van der Waals surface area (Å²) in [4.78, 5) is 0. The highest BCUT2D eigenvalue weighted by atomic mass is 127. The minimum Gasteiger partial charge on any atom is -0.0861 e. The van der Waals surface area contributed by atoms with Gasteiger partial charge in [-0.05, 0) is 18.8 Å². The Kier molecular flexibility index (Phi) is 7.26. The molecule has 1 aliphatic rings. The molecule has 2 heteroatoms. The maximum absolute atomic E-state index is 2.51. The maximum Gasteiger partial charge on any atom is 0.316 e. The van der Waals surface area contributed by atoms with Crippen LogP contribution in [0.2, 0.25) is 0 Å². The van der Waals surface area contributed by atoms with Gasteiger partial charge in [0.2, 0.25) is 0 Å². The molecule has 52 valence electrons. The molecule has 0 aromatic heterocycles. The van der Waals surface area contributed by atoms with Crippen LogP contribution >= 0.6 is 22.6 Å². The van der Waals surface area contributed by atoms with Crippen LogP contribution in [-0.2, 0) is 0 Å². The van der Waals surface area contributed by atoms with E-state index in [0.717, 1.165) is 5.92 Å². The lowest BCUT2D eigenvalue weighted by atomic mass is 9.91. The van der Waals surface area contributed by atoms with E-state index in [9.17, 15) is 0 Å². The summed E-state index contributed by atoms with van der Waals surface area (Å²) >= 11 is 2.51. The molecule has 1 aliphatic carbocycles. The largest absolute Gasteiger partial charge is 0.316 e. The monoisotopic (exact) mass is 250 g/mol. The van der Waals surface area contributed by atoms with Crippen molar-refractivity contribution in [3.8, 4) is 0 Å². The van der Waals surface area contributed by atoms with E-state index < -0.39 is 0 Å². The third-order valence-corrected chi connectivity index (χ3v) is 3.19. The van der Waals surface area contributed by atoms with Crippen LogP contribution in [0.4, 0.5) is 0 Å². The summed E-state index contributed by atoms with van der Waals surface area (Å²) in [6.07, 6.45) is 7.49. The van der Waals surface area contributed by atoms with E-state index in [1.54, 1.807) is 0 Å². The molecule has 9 heavy (non-hydrogen) atoms. The first-order valence-corrected chi connectivity index (χ1v) is 5.02. The second-order valence-corrected chi connectivity index (χ2v) is 3.54. The van der Waals surface area contributed by atoms with Gasteiger partial charge in [-0.25, -0.2) is 0 Å². The fraction of sp³-hybridized carbons (Fsp3) is 1.00. The summed E-state index contributed by atoms with van der Waals surface area (Å²) < 4.78 is 1.39. The third-order valence-electron chi connectivity index (χ3n) is 1.94. The summed E-state index contributed by atoms with van der Waals surface area (Å²) in [6.45, 7) is 0. The molecule has 0 amide bonds. The molecule has 1 rings (SSSR count). The molecule has 0 radical (unpaired) electrons. The number of alkyl halides is 1. The van der Waals surface area contributed by atoms with Crippen molar-refractivity contribution in [3.63, 3.8) is 0 Å². The summed E-state index contributed by atoms with van der Waals surface area (Å²) in [6, 6.07) is 0. The van der Waals surface area contributed by atoms with Gasteiger partial charge in [-0.1, -0.05) is 41.9 Å². The molecular weight excluding hydrogens is 235 g/mol. The Hall–Kier alpha value is 1.50. The zero-order valence-electron chi connectivity index (χ0n) is 5.20. The standard InChI is InChI=1S/C7H13I.Mg.2H/c8-6-7-4-2-1-3-5-7;;;/h7H,1-6H2;;;. The van der Waals surface area contributed by atoms with E-state index in [1.807, 2.05) is 0 Å². The molecule has 0 atom stereocenters. The zero-order valence-corrected chi connectivity index (χ0v) is 7.36. The smallest absolute Gasteiger partial charge is 0.0861 e. The highest BCUT2D eigenvalue weighted by Crippen LogP contribution is 2.24. The van der Waals surface area contributed by atoms with Gasteiger partial charge in [-0.15, -0.1) is 0 Å². The average molecular weight is 250 g/mol. The van der Waals surface area contributed by atoms with Crippen LogP contribution in [0, 0.1) is 5.92 Å². The van der Waals surface area contributed by atoms with Gasteiger partial charge in [0.05, 0.1) is 0 Å². The summed E-state index contributed by atoms with van der Waals surface area (Å²) in [5.74, 6) is 1.07. The Morgan fingerprint density at radius 2 is 1.67 bits per heavy atom. The fourth-order valence-corrected chi connectivity index (χ4v) is 2.22. The van der Waals surface area contributed by atoms with Gasteiger partial charge < -0.3 is 0 Å². The van der Waals surface area contributed by atoms with E-state index >= 15 is 0 Å². The first-order chi connectivity index (χ1) is 3.93. The van der Waals surface area contributed by atoms with Crippen LogP contribution in [0.25, 0.3) is 0 Å². The lowest BCUT2D eigenvalue weighted by molar-refractivity contribution is 0.395. The predicted molar refractivity (Wildman–Crippen MR) is 54.0 cm³/mol. The number of hydrogen-bond acceptors (Lipinski definition) is 0. The molecule has 0 unspecified atom stereocenters. The average Bonchev–Trinajstić information content (AvgIpc) is 1.90. The van der Waals surface area contributed by atoms with Crippen molar-refractivity contribution in [2.24, 2.45) is 5.92 Å².